The molecular formula is C16H19BrN2O5. The van der Waals surface area contributed by atoms with Crippen LogP contribution in [-0.4, -0.2) is 42.1 Å². The van der Waals surface area contributed by atoms with Crippen LogP contribution in [0.1, 0.15) is 20.3 Å². The molecule has 1 aliphatic rings. The van der Waals surface area contributed by atoms with Crippen LogP contribution in [0.15, 0.2) is 22.7 Å². The third kappa shape index (κ3) is 4.05. The molecule has 2 rings (SSSR count). The predicted octanol–water partition coefficient (Wildman–Crippen LogP) is 1.79. The van der Waals surface area contributed by atoms with Crippen molar-refractivity contribution in [3.63, 3.8) is 0 Å². The summed E-state index contributed by atoms with van der Waals surface area (Å²) in [6.45, 7) is 3.19. The van der Waals surface area contributed by atoms with E-state index in [0.717, 1.165) is 4.47 Å². The van der Waals surface area contributed by atoms with E-state index in [1.807, 2.05) is 6.92 Å². The highest BCUT2D eigenvalue weighted by molar-refractivity contribution is 9.10. The van der Waals surface area contributed by atoms with Crippen molar-refractivity contribution in [2.24, 2.45) is 5.92 Å². The first-order valence-electron chi connectivity index (χ1n) is 7.58. The second-order valence-corrected chi connectivity index (χ2v) is 6.57. The number of rotatable bonds is 6. The van der Waals surface area contributed by atoms with E-state index in [1.165, 1.54) is 4.90 Å². The number of halogens is 1. The van der Waals surface area contributed by atoms with Crippen molar-refractivity contribution in [2.45, 2.75) is 26.3 Å². The smallest absolute Gasteiger partial charge is 0.326 e. The van der Waals surface area contributed by atoms with Gasteiger partial charge in [0.1, 0.15) is 18.3 Å². The minimum atomic E-state index is -1.09. The molecule has 1 aliphatic heterocycles. The van der Waals surface area contributed by atoms with Gasteiger partial charge in [0, 0.05) is 4.47 Å². The number of anilines is 1. The number of fused-ring (bicyclic) bond motifs is 1. The van der Waals surface area contributed by atoms with E-state index in [2.05, 4.69) is 21.2 Å². The number of hydrogen-bond acceptors (Lipinski definition) is 4. The highest BCUT2D eigenvalue weighted by Gasteiger charge is 2.30. The summed E-state index contributed by atoms with van der Waals surface area (Å²) in [6, 6.07) is 4.15. The Bertz CT molecular complexity index is 664. The van der Waals surface area contributed by atoms with Crippen LogP contribution in [0.4, 0.5) is 5.69 Å². The molecule has 24 heavy (non-hydrogen) atoms. The topological polar surface area (TPSA) is 95.9 Å². The van der Waals surface area contributed by atoms with Crippen molar-refractivity contribution < 1.29 is 24.2 Å². The van der Waals surface area contributed by atoms with Crippen molar-refractivity contribution in [1.82, 2.24) is 5.32 Å². The van der Waals surface area contributed by atoms with Gasteiger partial charge in [0.15, 0.2) is 6.61 Å². The fraction of sp³-hybridized carbons (Fsp3) is 0.438. The maximum Gasteiger partial charge on any atom is 0.326 e. The molecule has 0 saturated carbocycles. The number of amides is 2. The van der Waals surface area contributed by atoms with E-state index in [1.54, 1.807) is 25.1 Å². The van der Waals surface area contributed by atoms with Crippen molar-refractivity contribution in [3.8, 4) is 5.75 Å². The molecule has 2 N–H and O–H groups in total. The highest BCUT2D eigenvalue weighted by atomic mass is 79.9. The minimum Gasteiger partial charge on any atom is -0.482 e. The lowest BCUT2D eigenvalue weighted by atomic mass is 9.99. The Morgan fingerprint density at radius 1 is 1.46 bits per heavy atom. The van der Waals surface area contributed by atoms with Gasteiger partial charge in [-0.2, -0.15) is 0 Å². The SMILES string of the molecule is CC[C@H](C)[C@H](NC(=O)CN1C(=O)COc2cc(Br)ccc21)C(=O)O. The minimum absolute atomic E-state index is 0.162. The first kappa shape index (κ1) is 18.3. The number of ether oxygens (including phenoxy) is 1. The van der Waals surface area contributed by atoms with Gasteiger partial charge in [0.25, 0.3) is 5.91 Å². The molecule has 2 atom stereocenters. The fourth-order valence-electron chi connectivity index (χ4n) is 2.40. The number of benzene rings is 1. The molecule has 2 amide bonds. The van der Waals surface area contributed by atoms with Gasteiger partial charge in [-0.3, -0.25) is 14.5 Å². The number of nitrogens with one attached hydrogen (secondary N) is 1. The Balaban J connectivity index is 2.14. The van der Waals surface area contributed by atoms with Crippen LogP contribution in [0.25, 0.3) is 0 Å². The molecular weight excluding hydrogens is 380 g/mol. The summed E-state index contributed by atoms with van der Waals surface area (Å²) >= 11 is 3.32. The molecule has 8 heteroatoms. The van der Waals surface area contributed by atoms with Crippen LogP contribution >= 0.6 is 15.9 Å². The van der Waals surface area contributed by atoms with Gasteiger partial charge in [-0.05, 0) is 24.1 Å². The monoisotopic (exact) mass is 398 g/mol. The lowest BCUT2D eigenvalue weighted by Crippen LogP contribution is -2.51. The molecule has 0 spiro atoms. The molecule has 0 fully saturated rings. The highest BCUT2D eigenvalue weighted by Crippen LogP contribution is 2.34. The van der Waals surface area contributed by atoms with Crippen molar-refractivity contribution in [1.29, 1.82) is 0 Å². The van der Waals surface area contributed by atoms with Crippen LogP contribution in [-0.2, 0) is 14.4 Å². The quantitative estimate of drug-likeness (QED) is 0.761. The molecule has 1 aromatic rings. The Morgan fingerprint density at radius 2 is 2.17 bits per heavy atom. The lowest BCUT2D eigenvalue weighted by molar-refractivity contribution is -0.143. The summed E-state index contributed by atoms with van der Waals surface area (Å²) in [4.78, 5) is 36.9. The van der Waals surface area contributed by atoms with Crippen LogP contribution in [0.5, 0.6) is 5.75 Å². The van der Waals surface area contributed by atoms with Crippen molar-refractivity contribution >= 4 is 39.4 Å². The standard InChI is InChI=1S/C16H19BrN2O5/c1-3-9(2)15(16(22)23)18-13(20)7-19-11-5-4-10(17)6-12(11)24-8-14(19)21/h4-6,9,15H,3,7-8H2,1-2H3,(H,18,20)(H,22,23)/t9-,15-/m0/s1. The van der Waals surface area contributed by atoms with Gasteiger partial charge in [-0.15, -0.1) is 0 Å². The predicted molar refractivity (Wildman–Crippen MR) is 91.0 cm³/mol. The third-order valence-corrected chi connectivity index (χ3v) is 4.46. The van der Waals surface area contributed by atoms with Crippen molar-refractivity contribution in [2.75, 3.05) is 18.1 Å². The van der Waals surface area contributed by atoms with Gasteiger partial charge in [-0.25, -0.2) is 4.79 Å². The van der Waals surface area contributed by atoms with E-state index in [0.29, 0.717) is 17.9 Å². The number of carboxylic acid groups (broad SMARTS) is 1. The van der Waals surface area contributed by atoms with Gasteiger partial charge >= 0.3 is 5.97 Å². The first-order valence-corrected chi connectivity index (χ1v) is 8.37. The molecule has 130 valence electrons. The molecule has 7 nitrogen and oxygen atoms in total. The number of carboxylic acids is 1. The van der Waals surface area contributed by atoms with Crippen molar-refractivity contribution in [3.05, 3.63) is 22.7 Å². The van der Waals surface area contributed by atoms with E-state index in [9.17, 15) is 19.5 Å². The summed E-state index contributed by atoms with van der Waals surface area (Å²) in [7, 11) is 0. The number of carbonyl (C=O) groups excluding carboxylic acids is 2. The summed E-state index contributed by atoms with van der Waals surface area (Å²) in [5, 5.41) is 11.7. The van der Waals surface area contributed by atoms with Gasteiger partial charge in [-0.1, -0.05) is 36.2 Å². The van der Waals surface area contributed by atoms with Gasteiger partial charge in [0.05, 0.1) is 5.69 Å². The Hall–Kier alpha value is -2.09. The molecule has 0 aliphatic carbocycles. The number of hydrogen-bond donors (Lipinski definition) is 2. The Morgan fingerprint density at radius 3 is 2.79 bits per heavy atom. The zero-order chi connectivity index (χ0) is 17.9. The normalized spacial score (nSPS) is 16.0. The number of aliphatic carboxylic acids is 1. The average Bonchev–Trinajstić information content (AvgIpc) is 2.54. The summed E-state index contributed by atoms with van der Waals surface area (Å²) in [5.41, 5.74) is 0.486. The zero-order valence-corrected chi connectivity index (χ0v) is 15.0. The maximum atomic E-state index is 12.3. The Kier molecular flexibility index (Phi) is 5.82. The molecule has 1 heterocycles. The van der Waals surface area contributed by atoms with Crippen LogP contribution < -0.4 is 15.0 Å². The number of carbonyl (C=O) groups is 3. The maximum absolute atomic E-state index is 12.3. The van der Waals surface area contributed by atoms with Gasteiger partial charge in [0.2, 0.25) is 5.91 Å². The Labute approximate surface area is 148 Å². The lowest BCUT2D eigenvalue weighted by Gasteiger charge is -2.29. The second kappa shape index (κ2) is 7.65. The number of nitrogens with zero attached hydrogens (tertiary/aromatic N) is 1. The molecule has 0 saturated heterocycles. The second-order valence-electron chi connectivity index (χ2n) is 5.65. The summed E-state index contributed by atoms with van der Waals surface area (Å²) in [6.07, 6.45) is 0.616. The summed E-state index contributed by atoms with van der Waals surface area (Å²) < 4.78 is 6.15. The van der Waals surface area contributed by atoms with E-state index in [4.69, 9.17) is 4.74 Å². The van der Waals surface area contributed by atoms with E-state index in [-0.39, 0.29) is 25.0 Å². The molecule has 0 bridgehead atoms. The fourth-order valence-corrected chi connectivity index (χ4v) is 2.74. The molecule has 0 unspecified atom stereocenters. The van der Waals surface area contributed by atoms with Crippen LogP contribution in [0.3, 0.4) is 0 Å². The average molecular weight is 399 g/mol. The summed E-state index contributed by atoms with van der Waals surface area (Å²) in [5.74, 6) is -1.68. The van der Waals surface area contributed by atoms with Crippen LogP contribution in [0, 0.1) is 5.92 Å². The zero-order valence-electron chi connectivity index (χ0n) is 13.4. The third-order valence-electron chi connectivity index (χ3n) is 3.96. The van der Waals surface area contributed by atoms with Gasteiger partial charge < -0.3 is 15.2 Å². The van der Waals surface area contributed by atoms with E-state index >= 15 is 0 Å². The molecule has 0 radical (unpaired) electrons. The largest absolute Gasteiger partial charge is 0.482 e. The molecule has 1 aromatic carbocycles. The van der Waals surface area contributed by atoms with E-state index < -0.39 is 17.9 Å². The van der Waals surface area contributed by atoms with Crippen LogP contribution in [0.2, 0.25) is 0 Å². The molecule has 0 aromatic heterocycles. The first-order chi connectivity index (χ1) is 11.3.